The van der Waals surface area contributed by atoms with E-state index in [-0.39, 0.29) is 29.5 Å². The molecular weight excluding hydrogens is 372 g/mol. The Hall–Kier alpha value is -3.34. The molecule has 0 radical (unpaired) electrons. The number of carbonyl (C=O) groups is 2. The third-order valence-electron chi connectivity index (χ3n) is 5.44. The normalized spacial score (nSPS) is 25.2. The van der Waals surface area contributed by atoms with E-state index < -0.39 is 38.6 Å². The minimum atomic E-state index is -1.67. The van der Waals surface area contributed by atoms with Crippen LogP contribution in [0.5, 0.6) is 0 Å². The Balaban J connectivity index is 2.01. The Kier molecular flexibility index (Phi) is 3.93. The van der Waals surface area contributed by atoms with Crippen molar-refractivity contribution in [1.82, 2.24) is 4.90 Å². The zero-order valence-corrected chi connectivity index (χ0v) is 14.8. The second-order valence-electron chi connectivity index (χ2n) is 6.77. The molecule has 11 heteroatoms. The summed E-state index contributed by atoms with van der Waals surface area (Å²) in [6.07, 6.45) is 3.10. The van der Waals surface area contributed by atoms with Gasteiger partial charge < -0.3 is 10.1 Å². The van der Waals surface area contributed by atoms with Crippen molar-refractivity contribution in [3.63, 3.8) is 0 Å². The number of hydrogen-bond donors (Lipinski definition) is 1. The minimum Gasteiger partial charge on any atom is -0.463 e. The number of nitro groups is 2. The van der Waals surface area contributed by atoms with Crippen LogP contribution in [-0.4, -0.2) is 45.8 Å². The molecule has 3 aliphatic rings. The number of anilines is 1. The van der Waals surface area contributed by atoms with Gasteiger partial charge in [-0.2, -0.15) is 0 Å². The van der Waals surface area contributed by atoms with Gasteiger partial charge in [0.15, 0.2) is 5.54 Å². The first kappa shape index (κ1) is 18.0. The predicted molar refractivity (Wildman–Crippen MR) is 94.5 cm³/mol. The molecule has 1 fully saturated rings. The van der Waals surface area contributed by atoms with Crippen molar-refractivity contribution in [3.05, 3.63) is 49.6 Å². The van der Waals surface area contributed by atoms with E-state index in [0.717, 1.165) is 18.6 Å². The van der Waals surface area contributed by atoms with E-state index in [2.05, 4.69) is 5.32 Å². The number of nitro benzene ring substituents is 2. The Morgan fingerprint density at radius 1 is 1.36 bits per heavy atom. The van der Waals surface area contributed by atoms with Crippen molar-refractivity contribution in [3.8, 4) is 0 Å². The van der Waals surface area contributed by atoms with E-state index in [0.29, 0.717) is 13.0 Å². The van der Waals surface area contributed by atoms with E-state index in [4.69, 9.17) is 4.74 Å². The van der Waals surface area contributed by atoms with Crippen molar-refractivity contribution < 1.29 is 24.2 Å². The van der Waals surface area contributed by atoms with Crippen molar-refractivity contribution in [2.75, 3.05) is 18.5 Å². The zero-order chi connectivity index (χ0) is 20.2. The lowest BCUT2D eigenvalue weighted by Gasteiger charge is -2.34. The molecule has 0 aromatic heterocycles. The zero-order valence-electron chi connectivity index (χ0n) is 14.8. The van der Waals surface area contributed by atoms with Crippen LogP contribution in [0.15, 0.2) is 23.8 Å². The standard InChI is InChI=1S/C17H16N4O7/c1-2-28-15(22)12-6-9-4-3-5-19(9)17(12)11-7-10(20(24)25)8-13(21(26)27)14(11)18-16(17)23/h6-9H,2-5H2,1H3,(H,18,23). The summed E-state index contributed by atoms with van der Waals surface area (Å²) >= 11 is 0. The van der Waals surface area contributed by atoms with E-state index in [1.54, 1.807) is 17.9 Å². The lowest BCUT2D eigenvalue weighted by Crippen LogP contribution is -2.51. The fourth-order valence-corrected chi connectivity index (χ4v) is 4.43. The fourth-order valence-electron chi connectivity index (χ4n) is 4.43. The molecule has 1 aromatic carbocycles. The largest absolute Gasteiger partial charge is 0.463 e. The number of fused-ring (bicyclic) bond motifs is 4. The first-order valence-electron chi connectivity index (χ1n) is 8.77. The highest BCUT2D eigenvalue weighted by Crippen LogP contribution is 2.55. The van der Waals surface area contributed by atoms with Crippen molar-refractivity contribution in [2.45, 2.75) is 31.3 Å². The lowest BCUT2D eigenvalue weighted by molar-refractivity contribution is -0.393. The average Bonchev–Trinajstić information content (AvgIpc) is 3.29. The van der Waals surface area contributed by atoms with Gasteiger partial charge in [-0.25, -0.2) is 4.79 Å². The Morgan fingerprint density at radius 2 is 2.11 bits per heavy atom. The van der Waals surface area contributed by atoms with Crippen LogP contribution in [0, 0.1) is 20.2 Å². The van der Waals surface area contributed by atoms with Crippen molar-refractivity contribution in [1.29, 1.82) is 0 Å². The first-order valence-corrected chi connectivity index (χ1v) is 8.77. The first-order chi connectivity index (χ1) is 13.3. The van der Waals surface area contributed by atoms with Crippen LogP contribution in [0.25, 0.3) is 0 Å². The number of ether oxygens (including phenoxy) is 1. The summed E-state index contributed by atoms with van der Waals surface area (Å²) in [6.45, 7) is 2.17. The second-order valence-corrected chi connectivity index (χ2v) is 6.77. The summed E-state index contributed by atoms with van der Waals surface area (Å²) < 4.78 is 5.11. The van der Waals surface area contributed by atoms with Crippen LogP contribution in [0.2, 0.25) is 0 Å². The maximum absolute atomic E-state index is 13.2. The highest BCUT2D eigenvalue weighted by Gasteiger charge is 2.63. The van der Waals surface area contributed by atoms with Gasteiger partial charge >= 0.3 is 5.97 Å². The molecule has 4 rings (SSSR count). The van der Waals surface area contributed by atoms with E-state index in [1.165, 1.54) is 0 Å². The number of esters is 1. The second kappa shape index (κ2) is 6.09. The van der Waals surface area contributed by atoms with Gasteiger partial charge in [-0.1, -0.05) is 6.08 Å². The van der Waals surface area contributed by atoms with Crippen molar-refractivity contribution >= 4 is 28.9 Å². The molecule has 1 aromatic rings. The topological polar surface area (TPSA) is 145 Å². The van der Waals surface area contributed by atoms with Crippen LogP contribution in [0.1, 0.15) is 25.3 Å². The third-order valence-corrected chi connectivity index (χ3v) is 5.44. The molecule has 1 N–H and O–H groups in total. The molecule has 1 saturated heterocycles. The van der Waals surface area contributed by atoms with E-state index in [1.807, 2.05) is 0 Å². The Morgan fingerprint density at radius 3 is 2.75 bits per heavy atom. The maximum atomic E-state index is 13.2. The molecule has 3 heterocycles. The van der Waals surface area contributed by atoms with Crippen LogP contribution < -0.4 is 5.32 Å². The smallest absolute Gasteiger partial charge is 0.336 e. The molecule has 2 atom stereocenters. The van der Waals surface area contributed by atoms with Crippen LogP contribution in [-0.2, 0) is 19.9 Å². The number of nitrogens with one attached hydrogen (secondary N) is 1. The minimum absolute atomic E-state index is 0.0436. The van der Waals surface area contributed by atoms with E-state index >= 15 is 0 Å². The number of nitrogens with zero attached hydrogens (tertiary/aromatic N) is 3. The molecule has 1 amide bonds. The van der Waals surface area contributed by atoms with Crippen LogP contribution in [0.4, 0.5) is 17.1 Å². The quantitative estimate of drug-likeness (QED) is 0.465. The van der Waals surface area contributed by atoms with Gasteiger partial charge in [0, 0.05) is 24.2 Å². The Bertz CT molecular complexity index is 972. The van der Waals surface area contributed by atoms with Crippen LogP contribution in [0.3, 0.4) is 0 Å². The summed E-state index contributed by atoms with van der Waals surface area (Å²) in [6, 6.07) is 1.71. The molecule has 0 saturated carbocycles. The SMILES string of the molecule is CCOC(=O)C1=CC2CCCN2C12C(=O)Nc1c([N+](=O)[O-])cc([N+](=O)[O-])cc12. The van der Waals surface area contributed by atoms with Gasteiger partial charge in [0.05, 0.1) is 28.1 Å². The van der Waals surface area contributed by atoms with Gasteiger partial charge in [-0.05, 0) is 19.8 Å². The van der Waals surface area contributed by atoms with Gasteiger partial charge in [0.25, 0.3) is 17.3 Å². The summed E-state index contributed by atoms with van der Waals surface area (Å²) in [5.41, 5.74) is -2.80. The molecule has 1 spiro atoms. The monoisotopic (exact) mass is 388 g/mol. The van der Waals surface area contributed by atoms with Gasteiger partial charge in [0.1, 0.15) is 5.69 Å². The predicted octanol–water partition coefficient (Wildman–Crippen LogP) is 1.62. The molecular formula is C17H16N4O7. The average molecular weight is 388 g/mol. The van der Waals surface area contributed by atoms with Crippen molar-refractivity contribution in [2.24, 2.45) is 0 Å². The summed E-state index contributed by atoms with van der Waals surface area (Å²) in [5, 5.41) is 25.4. The number of hydrogen-bond acceptors (Lipinski definition) is 8. The van der Waals surface area contributed by atoms with E-state index in [9.17, 15) is 29.8 Å². The molecule has 0 bridgehead atoms. The molecule has 11 nitrogen and oxygen atoms in total. The molecule has 3 aliphatic heterocycles. The number of carbonyl (C=O) groups excluding carboxylic acids is 2. The number of amides is 1. The summed E-state index contributed by atoms with van der Waals surface area (Å²) in [4.78, 5) is 48.9. The van der Waals surface area contributed by atoms with Gasteiger partial charge in [-0.15, -0.1) is 0 Å². The molecule has 2 unspecified atom stereocenters. The molecule has 28 heavy (non-hydrogen) atoms. The lowest BCUT2D eigenvalue weighted by atomic mass is 9.83. The third kappa shape index (κ3) is 2.19. The number of non-ortho nitro benzene ring substituents is 1. The van der Waals surface area contributed by atoms with Gasteiger partial charge in [-0.3, -0.25) is 29.9 Å². The molecule has 0 aliphatic carbocycles. The highest BCUT2D eigenvalue weighted by atomic mass is 16.6. The summed E-state index contributed by atoms with van der Waals surface area (Å²) in [7, 11) is 0. The van der Waals surface area contributed by atoms with Crippen LogP contribution >= 0.6 is 0 Å². The fraction of sp³-hybridized carbons (Fsp3) is 0.412. The van der Waals surface area contributed by atoms with Gasteiger partial charge in [0.2, 0.25) is 0 Å². The maximum Gasteiger partial charge on any atom is 0.336 e. The summed E-state index contributed by atoms with van der Waals surface area (Å²) in [5.74, 6) is -1.36. The Labute approximate surface area is 158 Å². The molecule has 146 valence electrons. The number of benzene rings is 1. The highest BCUT2D eigenvalue weighted by molar-refractivity contribution is 6.16. The number of rotatable bonds is 4.